The van der Waals surface area contributed by atoms with E-state index in [1.807, 2.05) is 0 Å². The number of primary amides is 1. The van der Waals surface area contributed by atoms with Crippen LogP contribution in [0, 0.1) is 0 Å². The fraction of sp³-hybridized carbons (Fsp3) is 0. The number of hydrogen-bond acceptors (Lipinski definition) is 3. The molecule has 6 heteroatoms. The summed E-state index contributed by atoms with van der Waals surface area (Å²) in [6.07, 6.45) is 1.62. The van der Waals surface area contributed by atoms with Crippen LogP contribution in [0.4, 0.5) is 5.69 Å². The summed E-state index contributed by atoms with van der Waals surface area (Å²) >= 11 is 0. The number of nitrogens with two attached hydrogens (primary N) is 1. The maximum Gasteiger partial charge on any atom is 0.328 e. The molecular weight excluding hydrogens is 224 g/mol. The minimum absolute atomic E-state index is 0.323. The number of carbonyl (C=O) groups excluding carboxylic acids is 2. The Balaban J connectivity index is 2.66. The van der Waals surface area contributed by atoms with Gasteiger partial charge in [0, 0.05) is 23.4 Å². The molecule has 0 aromatic heterocycles. The summed E-state index contributed by atoms with van der Waals surface area (Å²) in [4.78, 5) is 32.1. The second kappa shape index (κ2) is 5.45. The van der Waals surface area contributed by atoms with Crippen molar-refractivity contribution >= 4 is 23.5 Å². The van der Waals surface area contributed by atoms with Gasteiger partial charge in [-0.2, -0.15) is 0 Å². The van der Waals surface area contributed by atoms with Crippen LogP contribution < -0.4 is 11.1 Å². The first-order valence-corrected chi connectivity index (χ1v) is 4.61. The molecule has 0 aliphatic rings. The molecule has 0 fully saturated rings. The number of anilines is 1. The van der Waals surface area contributed by atoms with Crippen LogP contribution >= 0.6 is 0 Å². The second-order valence-corrected chi connectivity index (χ2v) is 3.10. The SMILES string of the molecule is NC(=O)c1ccc(NC(=O)/C=C/C(=O)O)cc1. The number of carboxylic acid groups (broad SMARTS) is 1. The molecule has 0 aliphatic heterocycles. The highest BCUT2D eigenvalue weighted by atomic mass is 16.4. The summed E-state index contributed by atoms with van der Waals surface area (Å²) < 4.78 is 0. The van der Waals surface area contributed by atoms with Gasteiger partial charge >= 0.3 is 5.97 Å². The molecule has 0 heterocycles. The van der Waals surface area contributed by atoms with Gasteiger partial charge in [-0.1, -0.05) is 0 Å². The molecule has 0 saturated heterocycles. The second-order valence-electron chi connectivity index (χ2n) is 3.10. The van der Waals surface area contributed by atoms with E-state index in [0.717, 1.165) is 12.2 Å². The van der Waals surface area contributed by atoms with Gasteiger partial charge in [-0.15, -0.1) is 0 Å². The molecule has 0 aliphatic carbocycles. The van der Waals surface area contributed by atoms with Crippen molar-refractivity contribution < 1.29 is 19.5 Å². The Labute approximate surface area is 96.7 Å². The number of carboxylic acids is 1. The summed E-state index contributed by atoms with van der Waals surface area (Å²) in [5.74, 6) is -2.34. The summed E-state index contributed by atoms with van der Waals surface area (Å²) in [6, 6.07) is 5.90. The zero-order chi connectivity index (χ0) is 12.8. The standard InChI is InChI=1S/C11H10N2O4/c12-11(17)7-1-3-8(4-2-7)13-9(14)5-6-10(15)16/h1-6H,(H2,12,17)(H,13,14)(H,15,16)/b6-5+. The van der Waals surface area contributed by atoms with Crippen LogP contribution in [0.2, 0.25) is 0 Å². The third-order valence-corrected chi connectivity index (χ3v) is 1.81. The van der Waals surface area contributed by atoms with Crippen LogP contribution in [0.5, 0.6) is 0 Å². The Morgan fingerprint density at radius 3 is 2.18 bits per heavy atom. The van der Waals surface area contributed by atoms with Crippen molar-refractivity contribution in [1.29, 1.82) is 0 Å². The molecule has 88 valence electrons. The smallest absolute Gasteiger partial charge is 0.328 e. The van der Waals surface area contributed by atoms with E-state index < -0.39 is 17.8 Å². The topological polar surface area (TPSA) is 109 Å². The molecule has 0 bridgehead atoms. The zero-order valence-corrected chi connectivity index (χ0v) is 8.71. The number of hydrogen-bond donors (Lipinski definition) is 3. The van der Waals surface area contributed by atoms with Crippen molar-refractivity contribution in [2.75, 3.05) is 5.32 Å². The largest absolute Gasteiger partial charge is 0.478 e. The molecule has 0 spiro atoms. The van der Waals surface area contributed by atoms with Gasteiger partial charge in [-0.05, 0) is 24.3 Å². The Morgan fingerprint density at radius 2 is 1.71 bits per heavy atom. The van der Waals surface area contributed by atoms with Gasteiger partial charge in [-0.3, -0.25) is 9.59 Å². The van der Waals surface area contributed by atoms with E-state index in [0.29, 0.717) is 11.3 Å². The van der Waals surface area contributed by atoms with Gasteiger partial charge in [0.05, 0.1) is 0 Å². The highest BCUT2D eigenvalue weighted by Gasteiger charge is 2.01. The highest BCUT2D eigenvalue weighted by molar-refractivity contribution is 6.02. The van der Waals surface area contributed by atoms with E-state index in [1.165, 1.54) is 24.3 Å². The minimum Gasteiger partial charge on any atom is -0.478 e. The van der Waals surface area contributed by atoms with Gasteiger partial charge in [0.2, 0.25) is 11.8 Å². The molecule has 17 heavy (non-hydrogen) atoms. The normalized spacial score (nSPS) is 10.1. The van der Waals surface area contributed by atoms with E-state index >= 15 is 0 Å². The van der Waals surface area contributed by atoms with Crippen molar-refractivity contribution in [3.8, 4) is 0 Å². The number of aliphatic carboxylic acids is 1. The summed E-state index contributed by atoms with van der Waals surface area (Å²) in [5.41, 5.74) is 5.81. The predicted octanol–water partition coefficient (Wildman–Crippen LogP) is 0.365. The Hall–Kier alpha value is -2.63. The number of rotatable bonds is 4. The summed E-state index contributed by atoms with van der Waals surface area (Å²) in [7, 11) is 0. The third-order valence-electron chi connectivity index (χ3n) is 1.81. The quantitative estimate of drug-likeness (QED) is 0.653. The molecule has 1 rings (SSSR count). The van der Waals surface area contributed by atoms with Crippen LogP contribution in [0.1, 0.15) is 10.4 Å². The predicted molar refractivity (Wildman–Crippen MR) is 60.4 cm³/mol. The summed E-state index contributed by atoms with van der Waals surface area (Å²) in [6.45, 7) is 0. The lowest BCUT2D eigenvalue weighted by Gasteiger charge is -2.02. The molecule has 2 amide bonds. The first-order valence-electron chi connectivity index (χ1n) is 4.61. The first kappa shape index (κ1) is 12.4. The van der Waals surface area contributed by atoms with Crippen LogP contribution in [0.3, 0.4) is 0 Å². The maximum absolute atomic E-state index is 11.2. The fourth-order valence-corrected chi connectivity index (χ4v) is 1.05. The minimum atomic E-state index is -1.20. The highest BCUT2D eigenvalue weighted by Crippen LogP contribution is 2.08. The molecule has 0 radical (unpaired) electrons. The summed E-state index contributed by atoms with van der Waals surface area (Å²) in [5, 5.41) is 10.7. The molecule has 1 aromatic carbocycles. The van der Waals surface area contributed by atoms with Crippen LogP contribution in [-0.2, 0) is 9.59 Å². The number of nitrogens with one attached hydrogen (secondary N) is 1. The van der Waals surface area contributed by atoms with Crippen LogP contribution in [0.25, 0.3) is 0 Å². The lowest BCUT2D eigenvalue weighted by Crippen LogP contribution is -2.12. The van der Waals surface area contributed by atoms with Crippen LogP contribution in [-0.4, -0.2) is 22.9 Å². The van der Waals surface area contributed by atoms with Gasteiger partial charge in [-0.25, -0.2) is 4.79 Å². The van der Waals surface area contributed by atoms with Gasteiger partial charge in [0.15, 0.2) is 0 Å². The van der Waals surface area contributed by atoms with Crippen LogP contribution in [0.15, 0.2) is 36.4 Å². The maximum atomic E-state index is 11.2. The molecule has 0 unspecified atom stereocenters. The number of benzene rings is 1. The molecule has 0 saturated carbocycles. The van der Waals surface area contributed by atoms with Gasteiger partial charge in [0.1, 0.15) is 0 Å². The van der Waals surface area contributed by atoms with Crippen molar-refractivity contribution in [3.63, 3.8) is 0 Å². The molecule has 0 atom stereocenters. The molecule has 1 aromatic rings. The molecular formula is C11H10N2O4. The Bertz CT molecular complexity index is 477. The van der Waals surface area contributed by atoms with E-state index in [2.05, 4.69) is 5.32 Å². The Morgan fingerprint density at radius 1 is 1.12 bits per heavy atom. The molecule has 6 nitrogen and oxygen atoms in total. The lowest BCUT2D eigenvalue weighted by atomic mass is 10.2. The van der Waals surface area contributed by atoms with E-state index in [-0.39, 0.29) is 0 Å². The number of carbonyl (C=O) groups is 3. The van der Waals surface area contributed by atoms with E-state index in [9.17, 15) is 14.4 Å². The average molecular weight is 234 g/mol. The first-order chi connectivity index (χ1) is 7.99. The van der Waals surface area contributed by atoms with Crippen molar-refractivity contribution in [1.82, 2.24) is 0 Å². The average Bonchev–Trinajstić information content (AvgIpc) is 2.27. The van der Waals surface area contributed by atoms with Crippen molar-refractivity contribution in [3.05, 3.63) is 42.0 Å². The molecule has 4 N–H and O–H groups in total. The van der Waals surface area contributed by atoms with Gasteiger partial charge < -0.3 is 16.2 Å². The van der Waals surface area contributed by atoms with Gasteiger partial charge in [0.25, 0.3) is 0 Å². The zero-order valence-electron chi connectivity index (χ0n) is 8.71. The third kappa shape index (κ3) is 4.17. The van der Waals surface area contributed by atoms with E-state index in [1.54, 1.807) is 0 Å². The Kier molecular flexibility index (Phi) is 3.99. The lowest BCUT2D eigenvalue weighted by molar-refractivity contribution is -0.131. The number of amides is 2. The van der Waals surface area contributed by atoms with Crippen molar-refractivity contribution in [2.45, 2.75) is 0 Å². The fourth-order valence-electron chi connectivity index (χ4n) is 1.05. The van der Waals surface area contributed by atoms with E-state index in [4.69, 9.17) is 10.8 Å². The van der Waals surface area contributed by atoms with Crippen molar-refractivity contribution in [2.24, 2.45) is 5.73 Å². The monoisotopic (exact) mass is 234 g/mol.